The molecule has 0 unspecified atom stereocenters. The molecule has 5 amide bonds. The van der Waals surface area contributed by atoms with Crippen LogP contribution >= 0.6 is 0 Å². The average molecular weight is 1020 g/mol. The highest BCUT2D eigenvalue weighted by Crippen LogP contribution is 2.39. The average Bonchev–Trinajstić information content (AvgIpc) is 3.75. The van der Waals surface area contributed by atoms with Crippen LogP contribution in [0.2, 0.25) is 0 Å². The van der Waals surface area contributed by atoms with E-state index in [9.17, 15) is 57.3 Å². The molecule has 5 atom stereocenters. The quantitative estimate of drug-likeness (QED) is 0.0783. The number of unbranched alkanes of at least 4 members (excludes halogenated alkanes) is 6. The normalized spacial score (nSPS) is 18.8. The van der Waals surface area contributed by atoms with Crippen molar-refractivity contribution in [3.05, 3.63) is 107 Å². The summed E-state index contributed by atoms with van der Waals surface area (Å²) in [7, 11) is 1.39. The number of quaternary nitrogens is 1. The first-order chi connectivity index (χ1) is 34.6. The van der Waals surface area contributed by atoms with Crippen LogP contribution < -0.4 is 26.8 Å². The number of nitrogens with zero attached hydrogens (tertiary/aromatic N) is 2. The van der Waals surface area contributed by atoms with Crippen molar-refractivity contribution in [1.29, 1.82) is 0 Å². The van der Waals surface area contributed by atoms with E-state index in [2.05, 4.69) is 52.9 Å². The number of rotatable bonds is 16. The van der Waals surface area contributed by atoms with Gasteiger partial charge in [0.2, 0.25) is 23.6 Å². The Morgan fingerprint density at radius 2 is 1.40 bits per heavy atom. The number of amides is 5. The first-order valence-corrected chi connectivity index (χ1v) is 24.2. The Morgan fingerprint density at radius 1 is 0.822 bits per heavy atom. The molecule has 0 aliphatic carbocycles. The summed E-state index contributed by atoms with van der Waals surface area (Å²) in [4.78, 5) is 92.3. The summed E-state index contributed by atoms with van der Waals surface area (Å²) in [6.07, 6.45) is 4.72. The molecule has 1 saturated heterocycles. The summed E-state index contributed by atoms with van der Waals surface area (Å²) in [6, 6.07) is 19.0. The zero-order chi connectivity index (χ0) is 53.6. The number of fused-ring (bicyclic) bond motifs is 5. The lowest BCUT2D eigenvalue weighted by molar-refractivity contribution is -0.414. The molecule has 6 rings (SSSR count). The third kappa shape index (κ3) is 15.5. The van der Waals surface area contributed by atoms with E-state index in [1.165, 1.54) is 111 Å². The van der Waals surface area contributed by atoms with E-state index in [1.54, 1.807) is 12.1 Å². The predicted octanol–water partition coefficient (Wildman–Crippen LogP) is 4.18. The van der Waals surface area contributed by atoms with Gasteiger partial charge in [-0.1, -0.05) is 94.0 Å². The van der Waals surface area contributed by atoms with E-state index in [1.807, 2.05) is 12.1 Å². The van der Waals surface area contributed by atoms with Crippen molar-refractivity contribution in [3.63, 3.8) is 0 Å². The minimum Gasteiger partial charge on any atom is -0.542 e. The number of phenols is 2. The molecule has 20 heteroatoms. The number of carboxylic acid groups (broad SMARTS) is 2. The molecule has 0 radical (unpaired) electrons. The van der Waals surface area contributed by atoms with Crippen molar-refractivity contribution in [2.45, 2.75) is 121 Å². The highest BCUT2D eigenvalue weighted by atomic mass is 19.4. The fourth-order valence-electron chi connectivity index (χ4n) is 8.79. The van der Waals surface area contributed by atoms with Crippen LogP contribution in [-0.4, -0.2) is 117 Å². The Morgan fingerprint density at radius 3 is 2.00 bits per heavy atom. The Kier molecular flexibility index (Phi) is 19.9. The molecule has 0 spiro atoms. The van der Waals surface area contributed by atoms with Crippen molar-refractivity contribution in [2.75, 3.05) is 20.1 Å². The standard InChI is InChI=1S/C51H62N6O9.C2HF3O2/c1-4-5-6-7-8-9-10-11-32-12-15-34(16-13-32)35-17-19-36(20-18-35)48(62)53-25-24-45(60)57-30-38(52)29-42(57)50(64)56(3)46-37-21-23-44(59)40(28-37)39-26-33(14-22-43(39)58)27-41(51(65)66)55-47(61)31(2)54-49(46)63;3-2(4,5)1(6)7/h12-23,26,28,31,38,41-42,46,58-59H,4-11,24-25,27,29-30,52H2,1-3H3,(H,53,62)(H,54,63)(H,55,61)(H,65,66);(H,6,7)/t31-,38+,41-,42-,46-;/m0./s1. The van der Waals surface area contributed by atoms with Gasteiger partial charge in [-0.15, -0.1) is 0 Å². The molecule has 9 N–H and O–H groups in total. The number of likely N-dealkylation sites (tertiary alicyclic amines) is 1. The monoisotopic (exact) mass is 1020 g/mol. The maximum absolute atomic E-state index is 14.5. The van der Waals surface area contributed by atoms with E-state index in [0.29, 0.717) is 11.1 Å². The lowest BCUT2D eigenvalue weighted by atomic mass is 9.93. The van der Waals surface area contributed by atoms with Gasteiger partial charge in [0.15, 0.2) is 0 Å². The largest absolute Gasteiger partial charge is 0.542 e. The van der Waals surface area contributed by atoms with Crippen LogP contribution in [-0.2, 0) is 41.6 Å². The number of halogens is 3. The van der Waals surface area contributed by atoms with Crippen molar-refractivity contribution in [2.24, 2.45) is 0 Å². The molecule has 0 aromatic heterocycles. The van der Waals surface area contributed by atoms with Crippen LogP contribution in [0.5, 0.6) is 11.5 Å². The maximum Gasteiger partial charge on any atom is 0.430 e. The van der Waals surface area contributed by atoms with Crippen molar-refractivity contribution >= 4 is 41.5 Å². The summed E-state index contributed by atoms with van der Waals surface area (Å²) in [5, 5.41) is 48.4. The molecule has 4 bridgehead atoms. The van der Waals surface area contributed by atoms with E-state index >= 15 is 0 Å². The fraction of sp³-hybridized carbons (Fsp3) is 0.415. The molecule has 73 heavy (non-hydrogen) atoms. The smallest absolute Gasteiger partial charge is 0.430 e. The van der Waals surface area contributed by atoms with Crippen LogP contribution in [0.3, 0.4) is 0 Å². The predicted molar refractivity (Wildman–Crippen MR) is 260 cm³/mol. The number of hydrogen-bond acceptors (Lipinski definition) is 10. The van der Waals surface area contributed by atoms with Crippen molar-refractivity contribution in [3.8, 4) is 33.8 Å². The second kappa shape index (κ2) is 25.8. The van der Waals surface area contributed by atoms with Gasteiger partial charge >= 0.3 is 12.1 Å². The lowest BCUT2D eigenvalue weighted by Crippen LogP contribution is -2.62. The van der Waals surface area contributed by atoms with Gasteiger partial charge in [-0.3, -0.25) is 24.0 Å². The van der Waals surface area contributed by atoms with E-state index in [-0.39, 0.29) is 72.5 Å². The number of aryl methyl sites for hydroxylation is 1. The second-order valence-corrected chi connectivity index (χ2v) is 18.4. The highest BCUT2D eigenvalue weighted by Gasteiger charge is 2.44. The van der Waals surface area contributed by atoms with Crippen LogP contribution in [0.4, 0.5) is 13.2 Å². The number of hydrogen-bond donors (Lipinski definition) is 7. The zero-order valence-electron chi connectivity index (χ0n) is 41.0. The minimum absolute atomic E-state index is 0.00668. The van der Waals surface area contributed by atoms with Crippen LogP contribution in [0.25, 0.3) is 22.3 Å². The molecule has 2 aliphatic rings. The number of alkyl halides is 3. The van der Waals surface area contributed by atoms with Crippen molar-refractivity contribution < 1.29 is 72.9 Å². The molecule has 392 valence electrons. The number of likely N-dealkylation sites (N-methyl/N-ethyl adjacent to an activating group) is 1. The van der Waals surface area contributed by atoms with Gasteiger partial charge in [0.05, 0.1) is 6.54 Å². The van der Waals surface area contributed by atoms with E-state index in [4.69, 9.17) is 9.90 Å². The maximum atomic E-state index is 14.5. The molecule has 0 saturated carbocycles. The molecule has 17 nitrogen and oxygen atoms in total. The molecular weight excluding hydrogens is 954 g/mol. The summed E-state index contributed by atoms with van der Waals surface area (Å²) in [5.74, 6) is -7.74. The lowest BCUT2D eigenvalue weighted by Gasteiger charge is -2.33. The number of benzene rings is 4. The topological polar surface area (TPSA) is 273 Å². The Bertz CT molecular complexity index is 2610. The van der Waals surface area contributed by atoms with Gasteiger partial charge in [-0.05, 0) is 84.0 Å². The SMILES string of the molecule is CCCCCCCCCc1ccc(-c2ccc(C(=O)NCCC(=O)N3C[C@H]([NH3+])C[C@H]3C(=O)N(C)[C@@H]3C(=O)N[C@@H](C)C(=O)N[C@H](C(=O)O)Cc4ccc(O)c(c4)-c4cc3ccc4O)cc2)cc1.O=C([O-])C(F)(F)F. The molecule has 1 fully saturated rings. The highest BCUT2D eigenvalue weighted by molar-refractivity contribution is 5.97. The van der Waals surface area contributed by atoms with Crippen LogP contribution in [0.1, 0.15) is 105 Å². The summed E-state index contributed by atoms with van der Waals surface area (Å²) in [6.45, 7) is 3.78. The number of aliphatic carboxylic acids is 2. The third-order valence-electron chi connectivity index (χ3n) is 12.8. The number of nitrogens with one attached hydrogen (secondary N) is 3. The van der Waals surface area contributed by atoms with E-state index < -0.39 is 65.9 Å². The summed E-state index contributed by atoms with van der Waals surface area (Å²) < 4.78 is 31.5. The molecular formula is C53H63F3N6O11. The number of phenolic OH excluding ortho intramolecular Hbond substituents is 2. The number of carbonyl (C=O) groups is 7. The first-order valence-electron chi connectivity index (χ1n) is 24.2. The second-order valence-electron chi connectivity index (χ2n) is 18.4. The van der Waals surface area contributed by atoms with Gasteiger partial charge in [0, 0.05) is 49.5 Å². The van der Waals surface area contributed by atoms with Gasteiger partial charge in [0.25, 0.3) is 5.91 Å². The molecule has 4 aromatic rings. The molecule has 2 heterocycles. The van der Waals surface area contributed by atoms with Gasteiger partial charge in [0.1, 0.15) is 47.7 Å². The molecule has 4 aromatic carbocycles. The van der Waals surface area contributed by atoms with Gasteiger partial charge in [-0.25, -0.2) is 4.79 Å². The number of carboxylic acids is 2. The van der Waals surface area contributed by atoms with E-state index in [0.717, 1.165) is 17.5 Å². The van der Waals surface area contributed by atoms with Crippen LogP contribution in [0, 0.1) is 0 Å². The van der Waals surface area contributed by atoms with Crippen molar-refractivity contribution in [1.82, 2.24) is 25.8 Å². The Balaban J connectivity index is 0.00000131. The minimum atomic E-state index is -5.19. The summed E-state index contributed by atoms with van der Waals surface area (Å²) in [5.41, 5.74) is 8.80. The Hall–Kier alpha value is -7.48. The van der Waals surface area contributed by atoms with Crippen LogP contribution in [0.15, 0.2) is 84.9 Å². The Labute approximate surface area is 420 Å². The third-order valence-corrected chi connectivity index (χ3v) is 12.8. The fourth-order valence-corrected chi connectivity index (χ4v) is 8.79. The number of aromatic hydroxyl groups is 2. The zero-order valence-corrected chi connectivity index (χ0v) is 41.0. The van der Waals surface area contributed by atoms with Gasteiger partial charge < -0.3 is 56.7 Å². The van der Waals surface area contributed by atoms with Gasteiger partial charge in [-0.2, -0.15) is 13.2 Å². The number of carbonyl (C=O) groups excluding carboxylic acids is 6. The summed E-state index contributed by atoms with van der Waals surface area (Å²) >= 11 is 0. The molecule has 2 aliphatic heterocycles. The first kappa shape index (κ1) is 56.4.